The minimum absolute atomic E-state index is 0.306. The van der Waals surface area contributed by atoms with E-state index in [2.05, 4.69) is 11.1 Å². The molecule has 0 aliphatic carbocycles. The smallest absolute Gasteiger partial charge is 0.335 e. The van der Waals surface area contributed by atoms with Gasteiger partial charge in [-0.2, -0.15) is 0 Å². The topological polar surface area (TPSA) is 68.2 Å². The van der Waals surface area contributed by atoms with Gasteiger partial charge in [0.2, 0.25) is 0 Å². The van der Waals surface area contributed by atoms with Crippen LogP contribution in [0.15, 0.2) is 28.6 Å². The van der Waals surface area contributed by atoms with Crippen molar-refractivity contribution in [3.63, 3.8) is 0 Å². The van der Waals surface area contributed by atoms with Crippen LogP contribution in [0.25, 0.3) is 16.2 Å². The van der Waals surface area contributed by atoms with Gasteiger partial charge in [-0.3, -0.25) is 0 Å². The van der Waals surface area contributed by atoms with Crippen LogP contribution >= 0.6 is 11.3 Å². The number of aromatic amines is 1. The highest BCUT2D eigenvalue weighted by molar-refractivity contribution is 7.15. The molecule has 0 atom stereocenters. The van der Waals surface area contributed by atoms with E-state index >= 15 is 0 Å². The minimum atomic E-state index is -0.306. The van der Waals surface area contributed by atoms with Crippen molar-refractivity contribution in [1.29, 1.82) is 0 Å². The van der Waals surface area contributed by atoms with Gasteiger partial charge in [-0.05, 0) is 18.6 Å². The fourth-order valence-corrected chi connectivity index (χ4v) is 2.73. The standard InChI is InChI=1S/C10H10N4OS/c1-6-4-8-13(2-3-16-8)9(6)7-5-14(11)10(15)12-7/h2-5H,11H2,1H3,(H,12,15). The van der Waals surface area contributed by atoms with Crippen LogP contribution in [0.5, 0.6) is 0 Å². The second kappa shape index (κ2) is 3.02. The molecule has 0 bridgehead atoms. The number of rotatable bonds is 1. The average Bonchev–Trinajstić information content (AvgIpc) is 2.83. The van der Waals surface area contributed by atoms with Gasteiger partial charge in [-0.25, -0.2) is 9.47 Å². The maximum atomic E-state index is 11.3. The minimum Gasteiger partial charge on any atom is -0.335 e. The van der Waals surface area contributed by atoms with Crippen molar-refractivity contribution in [3.8, 4) is 11.4 Å². The van der Waals surface area contributed by atoms with Crippen LogP contribution in [0.1, 0.15) is 5.56 Å². The first-order valence-corrected chi connectivity index (χ1v) is 5.67. The van der Waals surface area contributed by atoms with Crippen molar-refractivity contribution in [2.75, 3.05) is 5.84 Å². The predicted octanol–water partition coefficient (Wildman–Crippen LogP) is 1.18. The molecule has 0 amide bonds. The molecule has 0 radical (unpaired) electrons. The lowest BCUT2D eigenvalue weighted by Crippen LogP contribution is -2.22. The zero-order valence-corrected chi connectivity index (χ0v) is 9.41. The number of nitrogens with one attached hydrogen (secondary N) is 1. The highest BCUT2D eigenvalue weighted by Crippen LogP contribution is 2.27. The van der Waals surface area contributed by atoms with Crippen molar-refractivity contribution in [2.45, 2.75) is 6.92 Å². The quantitative estimate of drug-likeness (QED) is 0.621. The molecule has 0 aliphatic rings. The lowest BCUT2D eigenvalue weighted by Gasteiger charge is -1.97. The molecular weight excluding hydrogens is 224 g/mol. The van der Waals surface area contributed by atoms with E-state index < -0.39 is 0 Å². The van der Waals surface area contributed by atoms with Gasteiger partial charge < -0.3 is 15.2 Å². The summed E-state index contributed by atoms with van der Waals surface area (Å²) in [7, 11) is 0. The number of nitrogens with zero attached hydrogens (tertiary/aromatic N) is 2. The molecule has 3 heterocycles. The van der Waals surface area contributed by atoms with Crippen LogP contribution in [0.3, 0.4) is 0 Å². The number of aryl methyl sites for hydroxylation is 1. The molecule has 3 aromatic heterocycles. The number of hydrogen-bond donors (Lipinski definition) is 2. The maximum absolute atomic E-state index is 11.3. The van der Waals surface area contributed by atoms with Crippen molar-refractivity contribution < 1.29 is 0 Å². The number of hydrogen-bond acceptors (Lipinski definition) is 3. The van der Waals surface area contributed by atoms with E-state index in [4.69, 9.17) is 5.84 Å². The van der Waals surface area contributed by atoms with Gasteiger partial charge >= 0.3 is 5.69 Å². The summed E-state index contributed by atoms with van der Waals surface area (Å²) in [6.45, 7) is 2.02. The summed E-state index contributed by atoms with van der Waals surface area (Å²) in [6, 6.07) is 2.09. The van der Waals surface area contributed by atoms with E-state index in [-0.39, 0.29) is 5.69 Å². The van der Waals surface area contributed by atoms with Gasteiger partial charge in [0.15, 0.2) is 0 Å². The first kappa shape index (κ1) is 9.29. The number of nitrogen functional groups attached to an aromatic ring is 1. The molecule has 0 saturated carbocycles. The second-order valence-corrected chi connectivity index (χ2v) is 4.59. The van der Waals surface area contributed by atoms with Gasteiger partial charge in [0, 0.05) is 11.6 Å². The number of fused-ring (bicyclic) bond motifs is 1. The molecule has 0 unspecified atom stereocenters. The molecule has 3 aromatic rings. The third-order valence-corrected chi connectivity index (χ3v) is 3.40. The van der Waals surface area contributed by atoms with Crippen LogP contribution < -0.4 is 11.5 Å². The fourth-order valence-electron chi connectivity index (χ4n) is 1.90. The normalized spacial score (nSPS) is 11.3. The van der Waals surface area contributed by atoms with Crippen LogP contribution in [0.4, 0.5) is 0 Å². The summed E-state index contributed by atoms with van der Waals surface area (Å²) in [5.74, 6) is 5.48. The summed E-state index contributed by atoms with van der Waals surface area (Å²) in [5.41, 5.74) is 2.54. The Morgan fingerprint density at radius 1 is 1.50 bits per heavy atom. The van der Waals surface area contributed by atoms with Crippen LogP contribution in [0, 0.1) is 6.92 Å². The van der Waals surface area contributed by atoms with Crippen molar-refractivity contribution in [2.24, 2.45) is 0 Å². The molecule has 82 valence electrons. The van der Waals surface area contributed by atoms with Crippen molar-refractivity contribution >= 4 is 16.2 Å². The summed E-state index contributed by atoms with van der Waals surface area (Å²) < 4.78 is 3.10. The highest BCUT2D eigenvalue weighted by atomic mass is 32.1. The van der Waals surface area contributed by atoms with Gasteiger partial charge in [0.05, 0.1) is 22.4 Å². The van der Waals surface area contributed by atoms with Crippen LogP contribution in [-0.4, -0.2) is 14.1 Å². The number of nitrogens with two attached hydrogens (primary N) is 1. The second-order valence-electron chi connectivity index (χ2n) is 3.67. The van der Waals surface area contributed by atoms with E-state index in [1.54, 1.807) is 17.5 Å². The van der Waals surface area contributed by atoms with Gasteiger partial charge in [-0.1, -0.05) is 0 Å². The Bertz CT molecular complexity index is 715. The molecule has 0 spiro atoms. The zero-order chi connectivity index (χ0) is 11.3. The van der Waals surface area contributed by atoms with E-state index in [0.717, 1.165) is 26.5 Å². The molecule has 6 heteroatoms. The summed E-state index contributed by atoms with van der Waals surface area (Å²) in [6.07, 6.45) is 3.59. The SMILES string of the molecule is Cc1cc2sccn2c1-c1cn(N)c(=O)[nH]1. The number of H-pyrrole nitrogens is 1. The zero-order valence-electron chi connectivity index (χ0n) is 8.60. The predicted molar refractivity (Wildman–Crippen MR) is 64.2 cm³/mol. The van der Waals surface area contributed by atoms with E-state index in [9.17, 15) is 4.79 Å². The Labute approximate surface area is 94.7 Å². The third-order valence-electron chi connectivity index (χ3n) is 2.59. The van der Waals surface area contributed by atoms with Crippen molar-refractivity contribution in [3.05, 3.63) is 39.9 Å². The molecule has 16 heavy (non-hydrogen) atoms. The van der Waals surface area contributed by atoms with Crippen molar-refractivity contribution in [1.82, 2.24) is 14.1 Å². The lowest BCUT2D eigenvalue weighted by molar-refractivity contribution is 0.937. The van der Waals surface area contributed by atoms with E-state index in [0.29, 0.717) is 0 Å². The number of aromatic nitrogens is 3. The van der Waals surface area contributed by atoms with E-state index in [1.807, 2.05) is 22.9 Å². The molecule has 5 nitrogen and oxygen atoms in total. The Morgan fingerprint density at radius 2 is 2.31 bits per heavy atom. The van der Waals surface area contributed by atoms with Gasteiger partial charge in [-0.15, -0.1) is 11.3 Å². The van der Waals surface area contributed by atoms with Gasteiger partial charge in [0.25, 0.3) is 0 Å². The Morgan fingerprint density at radius 3 is 3.00 bits per heavy atom. The monoisotopic (exact) mass is 234 g/mol. The first-order valence-electron chi connectivity index (χ1n) is 4.79. The Hall–Kier alpha value is -1.95. The van der Waals surface area contributed by atoms with Crippen LogP contribution in [0.2, 0.25) is 0 Å². The number of imidazole rings is 1. The lowest BCUT2D eigenvalue weighted by atomic mass is 10.2. The Balaban J connectivity index is 2.36. The Kier molecular flexibility index (Phi) is 1.75. The molecule has 3 N–H and O–H groups in total. The van der Waals surface area contributed by atoms with E-state index in [1.165, 1.54) is 0 Å². The molecule has 3 rings (SSSR count). The summed E-state index contributed by atoms with van der Waals surface area (Å²) in [5, 5.41) is 2.01. The molecule has 0 fully saturated rings. The average molecular weight is 234 g/mol. The first-order chi connectivity index (χ1) is 7.66. The molecule has 0 aromatic carbocycles. The molecule has 0 aliphatic heterocycles. The fraction of sp³-hybridized carbons (Fsp3) is 0.100. The summed E-state index contributed by atoms with van der Waals surface area (Å²) in [4.78, 5) is 15.2. The largest absolute Gasteiger partial charge is 0.344 e. The third kappa shape index (κ3) is 1.13. The van der Waals surface area contributed by atoms with Crippen LogP contribution in [-0.2, 0) is 0 Å². The molecule has 0 saturated heterocycles. The maximum Gasteiger partial charge on any atom is 0.344 e. The number of thiazole rings is 1. The van der Waals surface area contributed by atoms with Gasteiger partial charge in [0.1, 0.15) is 0 Å². The summed E-state index contributed by atoms with van der Waals surface area (Å²) >= 11 is 1.66. The highest BCUT2D eigenvalue weighted by Gasteiger charge is 2.12. The molecular formula is C10H10N4OS.